The average molecular weight is 263 g/mol. The van der Waals surface area contributed by atoms with Crippen molar-refractivity contribution in [3.63, 3.8) is 0 Å². The molecule has 0 saturated heterocycles. The Kier molecular flexibility index (Phi) is 6.53. The number of hydrogen-bond acceptors (Lipinski definition) is 2. The summed E-state index contributed by atoms with van der Waals surface area (Å²) in [6.45, 7) is 11.8. The summed E-state index contributed by atoms with van der Waals surface area (Å²) in [6, 6.07) is 8.48. The van der Waals surface area contributed by atoms with Gasteiger partial charge in [-0.15, -0.1) is 0 Å². The van der Waals surface area contributed by atoms with E-state index in [0.717, 1.165) is 18.5 Å². The highest BCUT2D eigenvalue weighted by Crippen LogP contribution is 2.24. The molecule has 0 heterocycles. The first kappa shape index (κ1) is 16.2. The molecular formula is C17H29NO. The van der Waals surface area contributed by atoms with Crippen LogP contribution in [0, 0.1) is 5.92 Å². The first-order chi connectivity index (χ1) is 8.97. The molecule has 0 aliphatic heterocycles. The highest BCUT2D eigenvalue weighted by Gasteiger charge is 2.23. The molecule has 0 spiro atoms. The minimum atomic E-state index is -0.437. The van der Waals surface area contributed by atoms with Gasteiger partial charge in [-0.3, -0.25) is 0 Å². The van der Waals surface area contributed by atoms with Crippen molar-refractivity contribution in [3.05, 3.63) is 35.4 Å². The maximum Gasteiger partial charge on any atom is 0.0945 e. The molecule has 0 radical (unpaired) electrons. The zero-order valence-corrected chi connectivity index (χ0v) is 13.0. The van der Waals surface area contributed by atoms with Crippen LogP contribution in [-0.2, 0) is 0 Å². The molecule has 2 nitrogen and oxygen atoms in total. The zero-order valence-electron chi connectivity index (χ0n) is 13.0. The van der Waals surface area contributed by atoms with Crippen molar-refractivity contribution in [1.82, 2.24) is 5.32 Å². The number of hydrogen-bond donors (Lipinski definition) is 2. The highest BCUT2D eigenvalue weighted by molar-refractivity contribution is 5.27. The third-order valence-corrected chi connectivity index (χ3v) is 3.63. The van der Waals surface area contributed by atoms with Gasteiger partial charge in [-0.2, -0.15) is 0 Å². The Bertz CT molecular complexity index is 356. The van der Waals surface area contributed by atoms with E-state index >= 15 is 0 Å². The van der Waals surface area contributed by atoms with Gasteiger partial charge >= 0.3 is 0 Å². The molecule has 0 aliphatic rings. The van der Waals surface area contributed by atoms with Crippen LogP contribution >= 0.6 is 0 Å². The molecule has 1 aromatic rings. The fourth-order valence-corrected chi connectivity index (χ4v) is 2.31. The molecule has 2 heteroatoms. The van der Waals surface area contributed by atoms with E-state index < -0.39 is 6.10 Å². The van der Waals surface area contributed by atoms with Gasteiger partial charge in [-0.25, -0.2) is 0 Å². The molecule has 2 unspecified atom stereocenters. The van der Waals surface area contributed by atoms with Gasteiger partial charge in [-0.05, 0) is 35.9 Å². The van der Waals surface area contributed by atoms with Crippen LogP contribution < -0.4 is 5.32 Å². The van der Waals surface area contributed by atoms with Crippen LogP contribution in [0.5, 0.6) is 0 Å². The van der Waals surface area contributed by atoms with Crippen molar-refractivity contribution < 1.29 is 5.11 Å². The minimum Gasteiger partial charge on any atom is -0.387 e. The van der Waals surface area contributed by atoms with Gasteiger partial charge in [0.05, 0.1) is 6.10 Å². The predicted molar refractivity (Wildman–Crippen MR) is 82.4 cm³/mol. The molecule has 2 N–H and O–H groups in total. The van der Waals surface area contributed by atoms with Crippen molar-refractivity contribution in [2.75, 3.05) is 6.54 Å². The normalized spacial score (nSPS) is 14.9. The van der Waals surface area contributed by atoms with Crippen LogP contribution in [0.4, 0.5) is 0 Å². The zero-order chi connectivity index (χ0) is 14.4. The van der Waals surface area contributed by atoms with Gasteiger partial charge in [0.2, 0.25) is 0 Å². The number of benzene rings is 1. The maximum absolute atomic E-state index is 10.5. The lowest BCUT2D eigenvalue weighted by Crippen LogP contribution is -2.39. The van der Waals surface area contributed by atoms with Crippen molar-refractivity contribution in [2.24, 2.45) is 5.92 Å². The van der Waals surface area contributed by atoms with Gasteiger partial charge in [0.1, 0.15) is 0 Å². The summed E-state index contributed by atoms with van der Waals surface area (Å²) in [5.41, 5.74) is 2.32. The molecule has 0 fully saturated rings. The molecule has 0 aliphatic carbocycles. The minimum absolute atomic E-state index is 0.116. The third-order valence-electron chi connectivity index (χ3n) is 3.63. The first-order valence-corrected chi connectivity index (χ1v) is 7.48. The van der Waals surface area contributed by atoms with Crippen LogP contribution in [0.15, 0.2) is 24.3 Å². The van der Waals surface area contributed by atoms with Crippen molar-refractivity contribution >= 4 is 0 Å². The van der Waals surface area contributed by atoms with Crippen LogP contribution in [0.1, 0.15) is 64.2 Å². The molecule has 19 heavy (non-hydrogen) atoms. The van der Waals surface area contributed by atoms with Crippen LogP contribution in [0.2, 0.25) is 0 Å². The van der Waals surface area contributed by atoms with E-state index in [1.807, 2.05) is 0 Å². The smallest absolute Gasteiger partial charge is 0.0945 e. The Morgan fingerprint density at radius 2 is 1.53 bits per heavy atom. The number of aliphatic hydroxyl groups is 1. The molecule has 108 valence electrons. The summed E-state index contributed by atoms with van der Waals surface area (Å²) in [7, 11) is 0. The van der Waals surface area contributed by atoms with Gasteiger partial charge in [0, 0.05) is 6.04 Å². The second kappa shape index (κ2) is 7.66. The van der Waals surface area contributed by atoms with Crippen LogP contribution in [-0.4, -0.2) is 17.7 Å². The summed E-state index contributed by atoms with van der Waals surface area (Å²) < 4.78 is 0. The van der Waals surface area contributed by atoms with Gasteiger partial charge in [-0.1, -0.05) is 58.9 Å². The van der Waals surface area contributed by atoms with E-state index in [1.54, 1.807) is 0 Å². The molecule has 0 saturated carbocycles. The second-order valence-electron chi connectivity index (χ2n) is 5.99. The second-order valence-corrected chi connectivity index (χ2v) is 5.99. The Balaban J connectivity index is 2.80. The monoisotopic (exact) mass is 263 g/mol. The molecule has 1 aromatic carbocycles. The molecule has 0 bridgehead atoms. The SMILES string of the molecule is CCCNC(C(C)C)C(O)c1ccc(C(C)C)cc1. The lowest BCUT2D eigenvalue weighted by molar-refractivity contribution is 0.105. The highest BCUT2D eigenvalue weighted by atomic mass is 16.3. The van der Waals surface area contributed by atoms with Gasteiger partial charge in [0.25, 0.3) is 0 Å². The number of aliphatic hydroxyl groups excluding tert-OH is 1. The lowest BCUT2D eigenvalue weighted by atomic mass is 9.92. The summed E-state index contributed by atoms with van der Waals surface area (Å²) in [5.74, 6) is 0.941. The Morgan fingerprint density at radius 3 is 1.95 bits per heavy atom. The number of nitrogens with one attached hydrogen (secondary N) is 1. The van der Waals surface area contributed by atoms with Gasteiger partial charge in [0.15, 0.2) is 0 Å². The summed E-state index contributed by atoms with van der Waals surface area (Å²) in [4.78, 5) is 0. The van der Waals surface area contributed by atoms with E-state index in [0.29, 0.717) is 11.8 Å². The van der Waals surface area contributed by atoms with Crippen molar-refractivity contribution in [3.8, 4) is 0 Å². The Morgan fingerprint density at radius 1 is 1.00 bits per heavy atom. The Hall–Kier alpha value is -0.860. The number of rotatable bonds is 7. The quantitative estimate of drug-likeness (QED) is 0.782. The fraction of sp³-hybridized carbons (Fsp3) is 0.647. The standard InChI is InChI=1S/C17H29NO/c1-6-11-18-16(13(4)5)17(19)15-9-7-14(8-10-15)12(2)3/h7-10,12-13,16-19H,6,11H2,1-5H3. The van der Waals surface area contributed by atoms with Crippen molar-refractivity contribution in [1.29, 1.82) is 0 Å². The summed E-state index contributed by atoms with van der Waals surface area (Å²) >= 11 is 0. The van der Waals surface area contributed by atoms with Crippen molar-refractivity contribution in [2.45, 2.75) is 59.1 Å². The molecular weight excluding hydrogens is 234 g/mol. The average Bonchev–Trinajstić information content (AvgIpc) is 2.38. The topological polar surface area (TPSA) is 32.3 Å². The predicted octanol–water partition coefficient (Wildman–Crippen LogP) is 3.87. The lowest BCUT2D eigenvalue weighted by Gasteiger charge is -2.28. The fourth-order valence-electron chi connectivity index (χ4n) is 2.31. The molecule has 0 aromatic heterocycles. The van der Waals surface area contributed by atoms with E-state index in [4.69, 9.17) is 0 Å². The van der Waals surface area contributed by atoms with E-state index in [-0.39, 0.29) is 6.04 Å². The van der Waals surface area contributed by atoms with Crippen LogP contribution in [0.25, 0.3) is 0 Å². The summed E-state index contributed by atoms with van der Waals surface area (Å²) in [5, 5.41) is 14.0. The van der Waals surface area contributed by atoms with E-state index in [1.165, 1.54) is 5.56 Å². The van der Waals surface area contributed by atoms with E-state index in [2.05, 4.69) is 64.2 Å². The molecule has 2 atom stereocenters. The van der Waals surface area contributed by atoms with Gasteiger partial charge < -0.3 is 10.4 Å². The maximum atomic E-state index is 10.5. The van der Waals surface area contributed by atoms with Crippen LogP contribution in [0.3, 0.4) is 0 Å². The largest absolute Gasteiger partial charge is 0.387 e. The third kappa shape index (κ3) is 4.63. The van der Waals surface area contributed by atoms with E-state index in [9.17, 15) is 5.11 Å². The Labute approximate surface area is 118 Å². The molecule has 1 rings (SSSR count). The first-order valence-electron chi connectivity index (χ1n) is 7.48. The molecule has 0 amide bonds. The summed E-state index contributed by atoms with van der Waals surface area (Å²) in [6.07, 6.45) is 0.648.